The van der Waals surface area contributed by atoms with Crippen LogP contribution < -0.4 is 0 Å². The third-order valence-corrected chi connectivity index (χ3v) is 3.20. The molecule has 0 aliphatic carbocycles. The van der Waals surface area contributed by atoms with E-state index in [0.717, 1.165) is 0 Å². The SMILES string of the molecule is O=C(c1ccccc1O)c1ccccc1S(=O)O. The first-order valence-electron chi connectivity index (χ1n) is 5.14. The molecule has 0 spiro atoms. The van der Waals surface area contributed by atoms with E-state index in [2.05, 4.69) is 0 Å². The minimum Gasteiger partial charge on any atom is -0.507 e. The van der Waals surface area contributed by atoms with Crippen molar-refractivity contribution in [3.63, 3.8) is 0 Å². The van der Waals surface area contributed by atoms with Crippen LogP contribution in [0.25, 0.3) is 0 Å². The van der Waals surface area contributed by atoms with Crippen LogP contribution >= 0.6 is 0 Å². The molecule has 92 valence electrons. The van der Waals surface area contributed by atoms with E-state index in [9.17, 15) is 14.1 Å². The normalized spacial score (nSPS) is 12.1. The van der Waals surface area contributed by atoms with Gasteiger partial charge in [-0.15, -0.1) is 0 Å². The predicted octanol–water partition coefficient (Wildman–Crippen LogP) is 2.20. The van der Waals surface area contributed by atoms with Gasteiger partial charge < -0.3 is 9.66 Å². The van der Waals surface area contributed by atoms with Gasteiger partial charge in [0.25, 0.3) is 0 Å². The third-order valence-electron chi connectivity index (χ3n) is 2.47. The number of rotatable bonds is 3. The monoisotopic (exact) mass is 262 g/mol. The van der Waals surface area contributed by atoms with E-state index in [0.29, 0.717) is 0 Å². The summed E-state index contributed by atoms with van der Waals surface area (Å²) in [5.74, 6) is -0.632. The maximum atomic E-state index is 12.2. The molecule has 0 aliphatic rings. The summed E-state index contributed by atoms with van der Waals surface area (Å²) in [6.07, 6.45) is 0. The number of carbonyl (C=O) groups is 1. The Kier molecular flexibility index (Phi) is 3.55. The molecule has 2 N–H and O–H groups in total. The van der Waals surface area contributed by atoms with Crippen LogP contribution in [-0.2, 0) is 11.1 Å². The second-order valence-electron chi connectivity index (χ2n) is 3.59. The highest BCUT2D eigenvalue weighted by Gasteiger charge is 2.18. The average Bonchev–Trinajstić information content (AvgIpc) is 2.38. The number of para-hydroxylation sites is 1. The number of benzene rings is 2. The molecule has 4 nitrogen and oxygen atoms in total. The average molecular weight is 262 g/mol. The van der Waals surface area contributed by atoms with Crippen LogP contribution in [0.2, 0.25) is 0 Å². The van der Waals surface area contributed by atoms with Gasteiger partial charge in [0.1, 0.15) is 5.75 Å². The molecule has 0 saturated carbocycles. The zero-order valence-electron chi connectivity index (χ0n) is 9.24. The van der Waals surface area contributed by atoms with Crippen molar-refractivity contribution in [2.45, 2.75) is 4.90 Å². The minimum absolute atomic E-state index is 0.0331. The Balaban J connectivity index is 2.54. The predicted molar refractivity (Wildman–Crippen MR) is 67.0 cm³/mol. The Labute approximate surface area is 106 Å². The molecule has 0 fully saturated rings. The molecule has 0 heterocycles. The molecule has 0 amide bonds. The van der Waals surface area contributed by atoms with E-state index in [4.69, 9.17) is 4.55 Å². The minimum atomic E-state index is -2.24. The highest BCUT2D eigenvalue weighted by Crippen LogP contribution is 2.22. The summed E-state index contributed by atoms with van der Waals surface area (Å²) >= 11 is -2.24. The van der Waals surface area contributed by atoms with Crippen molar-refractivity contribution in [3.05, 3.63) is 59.7 Å². The Morgan fingerprint density at radius 1 is 0.944 bits per heavy atom. The Hall–Kier alpha value is -1.98. The van der Waals surface area contributed by atoms with Crippen molar-refractivity contribution in [1.29, 1.82) is 0 Å². The van der Waals surface area contributed by atoms with E-state index in [-0.39, 0.29) is 21.8 Å². The van der Waals surface area contributed by atoms with E-state index in [1.807, 2.05) is 0 Å². The lowest BCUT2D eigenvalue weighted by Gasteiger charge is -2.06. The van der Waals surface area contributed by atoms with Crippen molar-refractivity contribution in [3.8, 4) is 5.75 Å². The Morgan fingerprint density at radius 3 is 2.11 bits per heavy atom. The van der Waals surface area contributed by atoms with Crippen LogP contribution in [0, 0.1) is 0 Å². The molecule has 0 bridgehead atoms. The lowest BCUT2D eigenvalue weighted by atomic mass is 10.0. The van der Waals surface area contributed by atoms with Gasteiger partial charge in [0.2, 0.25) is 0 Å². The van der Waals surface area contributed by atoms with Crippen molar-refractivity contribution in [1.82, 2.24) is 0 Å². The molecule has 0 aromatic heterocycles. The number of hydrogen-bond donors (Lipinski definition) is 2. The lowest BCUT2D eigenvalue weighted by Crippen LogP contribution is -2.06. The molecule has 2 rings (SSSR count). The Bertz CT molecular complexity index is 622. The van der Waals surface area contributed by atoms with Crippen LogP contribution in [0.4, 0.5) is 0 Å². The van der Waals surface area contributed by atoms with Crippen molar-refractivity contribution >= 4 is 16.9 Å². The van der Waals surface area contributed by atoms with Gasteiger partial charge in [-0.05, 0) is 24.3 Å². The summed E-state index contributed by atoms with van der Waals surface area (Å²) < 4.78 is 20.3. The first-order chi connectivity index (χ1) is 8.61. The summed E-state index contributed by atoms with van der Waals surface area (Å²) in [6, 6.07) is 12.1. The molecular weight excluding hydrogens is 252 g/mol. The van der Waals surface area contributed by atoms with Gasteiger partial charge in [0, 0.05) is 5.56 Å². The molecule has 0 saturated heterocycles. The van der Waals surface area contributed by atoms with Gasteiger partial charge in [-0.3, -0.25) is 4.79 Å². The number of ketones is 1. The Morgan fingerprint density at radius 2 is 1.50 bits per heavy atom. The summed E-state index contributed by atoms with van der Waals surface area (Å²) in [5, 5.41) is 9.61. The second kappa shape index (κ2) is 5.12. The summed E-state index contributed by atoms with van der Waals surface area (Å²) in [6.45, 7) is 0. The number of hydrogen-bond acceptors (Lipinski definition) is 3. The van der Waals surface area contributed by atoms with Gasteiger partial charge in [-0.2, -0.15) is 0 Å². The standard InChI is InChI=1S/C13H10O4S/c14-11-7-3-1-5-9(11)13(15)10-6-2-4-8-12(10)18(16)17/h1-8,14H,(H,16,17). The van der Waals surface area contributed by atoms with Crippen LogP contribution in [0.5, 0.6) is 5.75 Å². The van der Waals surface area contributed by atoms with Crippen LogP contribution in [0.3, 0.4) is 0 Å². The van der Waals surface area contributed by atoms with Crippen molar-refractivity contribution < 1.29 is 18.7 Å². The first-order valence-corrected chi connectivity index (χ1v) is 6.24. The lowest BCUT2D eigenvalue weighted by molar-refractivity contribution is 0.103. The maximum Gasteiger partial charge on any atom is 0.198 e. The zero-order chi connectivity index (χ0) is 13.1. The maximum absolute atomic E-state index is 12.2. The molecule has 18 heavy (non-hydrogen) atoms. The van der Waals surface area contributed by atoms with Crippen molar-refractivity contribution in [2.24, 2.45) is 0 Å². The molecule has 0 radical (unpaired) electrons. The number of phenols is 1. The highest BCUT2D eigenvalue weighted by molar-refractivity contribution is 7.79. The zero-order valence-corrected chi connectivity index (χ0v) is 10.1. The molecular formula is C13H10O4S. The summed E-state index contributed by atoms with van der Waals surface area (Å²) in [4.78, 5) is 12.2. The molecule has 1 atom stereocenters. The van der Waals surface area contributed by atoms with Crippen LogP contribution in [0.1, 0.15) is 15.9 Å². The number of phenolic OH excluding ortho intramolecular Hbond substituents is 1. The number of carbonyl (C=O) groups excluding carboxylic acids is 1. The molecule has 5 heteroatoms. The molecule has 2 aromatic rings. The van der Waals surface area contributed by atoms with Gasteiger partial charge in [-0.1, -0.05) is 24.3 Å². The van der Waals surface area contributed by atoms with Crippen LogP contribution in [-0.4, -0.2) is 19.7 Å². The van der Waals surface area contributed by atoms with Crippen molar-refractivity contribution in [2.75, 3.05) is 0 Å². The fourth-order valence-corrected chi connectivity index (χ4v) is 2.16. The van der Waals surface area contributed by atoms with E-state index < -0.39 is 16.9 Å². The van der Waals surface area contributed by atoms with Gasteiger partial charge in [-0.25, -0.2) is 4.21 Å². The topological polar surface area (TPSA) is 74.6 Å². The van der Waals surface area contributed by atoms with E-state index in [1.54, 1.807) is 24.3 Å². The van der Waals surface area contributed by atoms with E-state index in [1.165, 1.54) is 24.3 Å². The van der Waals surface area contributed by atoms with Crippen LogP contribution in [0.15, 0.2) is 53.4 Å². The molecule has 0 aliphatic heterocycles. The molecule has 2 aromatic carbocycles. The smallest absolute Gasteiger partial charge is 0.198 e. The number of aromatic hydroxyl groups is 1. The second-order valence-corrected chi connectivity index (χ2v) is 4.53. The fourth-order valence-electron chi connectivity index (χ4n) is 1.62. The first kappa shape index (κ1) is 12.5. The van der Waals surface area contributed by atoms with Gasteiger partial charge >= 0.3 is 0 Å². The largest absolute Gasteiger partial charge is 0.507 e. The van der Waals surface area contributed by atoms with Gasteiger partial charge in [0.15, 0.2) is 16.9 Å². The highest BCUT2D eigenvalue weighted by atomic mass is 32.2. The summed E-state index contributed by atoms with van der Waals surface area (Å²) in [5.41, 5.74) is 0.218. The van der Waals surface area contributed by atoms with Gasteiger partial charge in [0.05, 0.1) is 10.5 Å². The molecule has 1 unspecified atom stereocenters. The fraction of sp³-hybridized carbons (Fsp3) is 0. The third kappa shape index (κ3) is 2.32. The quantitative estimate of drug-likeness (QED) is 0.657. The van der Waals surface area contributed by atoms with E-state index >= 15 is 0 Å². The summed E-state index contributed by atoms with van der Waals surface area (Å²) in [7, 11) is 0.